The minimum Gasteiger partial charge on any atom is -0.358 e. The molecule has 1 aromatic heterocycles. The number of anilines is 1. The van der Waals surface area contributed by atoms with Crippen molar-refractivity contribution in [3.63, 3.8) is 0 Å². The van der Waals surface area contributed by atoms with E-state index in [1.54, 1.807) is 20.2 Å². The number of nitrogens with zero attached hydrogens (tertiary/aromatic N) is 1. The molecular formula is C18H18FN3O2. The number of carbonyl (C=O) groups excluding carboxylic acids is 2. The second-order valence-corrected chi connectivity index (χ2v) is 6.07. The Balaban J connectivity index is 2.11. The lowest BCUT2D eigenvalue weighted by atomic mass is 10.0. The number of amides is 2. The zero-order chi connectivity index (χ0) is 17.6. The van der Waals surface area contributed by atoms with E-state index in [9.17, 15) is 14.0 Å². The molecule has 6 heteroatoms. The highest BCUT2D eigenvalue weighted by Gasteiger charge is 2.26. The summed E-state index contributed by atoms with van der Waals surface area (Å²) in [4.78, 5) is 29.2. The number of aromatic nitrogens is 1. The standard InChI is InChI=1S/C18H18FN3O2/c1-9-15(20-10(2)16(9)18(24)22(3)4)8-13-12-7-11(19)5-6-14(12)21-17(13)23/h5-8,20H,1-4H3,(H,21,23). The van der Waals surface area contributed by atoms with Crippen LogP contribution in [0.25, 0.3) is 11.6 Å². The predicted molar refractivity (Wildman–Crippen MR) is 91.2 cm³/mol. The summed E-state index contributed by atoms with van der Waals surface area (Å²) in [6, 6.07) is 4.17. The Hall–Kier alpha value is -2.89. The molecule has 5 nitrogen and oxygen atoms in total. The fraction of sp³-hybridized carbons (Fsp3) is 0.222. The lowest BCUT2D eigenvalue weighted by Gasteiger charge is -2.10. The molecule has 0 bridgehead atoms. The van der Waals surface area contributed by atoms with Crippen LogP contribution in [-0.4, -0.2) is 35.8 Å². The molecule has 0 saturated carbocycles. The van der Waals surface area contributed by atoms with Crippen molar-refractivity contribution in [2.24, 2.45) is 0 Å². The summed E-state index contributed by atoms with van der Waals surface area (Å²) in [6.07, 6.45) is 1.66. The molecule has 1 aliphatic rings. The molecule has 3 rings (SSSR count). The molecule has 2 aromatic rings. The Labute approximate surface area is 139 Å². The summed E-state index contributed by atoms with van der Waals surface area (Å²) in [7, 11) is 3.38. The van der Waals surface area contributed by atoms with Crippen LogP contribution in [-0.2, 0) is 4.79 Å². The van der Waals surface area contributed by atoms with Gasteiger partial charge < -0.3 is 15.2 Å². The molecule has 1 aliphatic heterocycles. The average Bonchev–Trinajstić information content (AvgIpc) is 2.96. The number of aryl methyl sites for hydroxylation is 1. The summed E-state index contributed by atoms with van der Waals surface area (Å²) in [6.45, 7) is 3.64. The molecule has 2 heterocycles. The second kappa shape index (κ2) is 5.63. The van der Waals surface area contributed by atoms with E-state index in [1.807, 2.05) is 13.8 Å². The lowest BCUT2D eigenvalue weighted by molar-refractivity contribution is -0.110. The molecular weight excluding hydrogens is 309 g/mol. The van der Waals surface area contributed by atoms with Crippen molar-refractivity contribution in [3.8, 4) is 0 Å². The monoisotopic (exact) mass is 327 g/mol. The second-order valence-electron chi connectivity index (χ2n) is 6.07. The fourth-order valence-electron chi connectivity index (χ4n) is 2.91. The molecule has 0 aliphatic carbocycles. The maximum atomic E-state index is 13.5. The molecule has 0 spiro atoms. The highest BCUT2D eigenvalue weighted by molar-refractivity contribution is 6.34. The number of hydrogen-bond acceptors (Lipinski definition) is 2. The van der Waals surface area contributed by atoms with Crippen LogP contribution in [0.3, 0.4) is 0 Å². The number of H-pyrrole nitrogens is 1. The van der Waals surface area contributed by atoms with Crippen molar-refractivity contribution in [1.82, 2.24) is 9.88 Å². The van der Waals surface area contributed by atoms with Gasteiger partial charge in [0.25, 0.3) is 11.8 Å². The number of halogens is 1. The van der Waals surface area contributed by atoms with Gasteiger partial charge in [0.15, 0.2) is 0 Å². The quantitative estimate of drug-likeness (QED) is 0.833. The van der Waals surface area contributed by atoms with E-state index < -0.39 is 5.82 Å². The average molecular weight is 327 g/mol. The molecule has 2 N–H and O–H groups in total. The van der Waals surface area contributed by atoms with Gasteiger partial charge >= 0.3 is 0 Å². The minimum atomic E-state index is -0.404. The first-order chi connectivity index (χ1) is 11.3. The normalized spacial score (nSPS) is 14.7. The van der Waals surface area contributed by atoms with Crippen molar-refractivity contribution >= 4 is 29.2 Å². The largest absolute Gasteiger partial charge is 0.358 e. The zero-order valence-electron chi connectivity index (χ0n) is 14.0. The molecule has 0 atom stereocenters. The van der Waals surface area contributed by atoms with E-state index >= 15 is 0 Å². The van der Waals surface area contributed by atoms with Crippen LogP contribution in [0.15, 0.2) is 18.2 Å². The van der Waals surface area contributed by atoms with Gasteiger partial charge in [-0.1, -0.05) is 0 Å². The van der Waals surface area contributed by atoms with E-state index in [2.05, 4.69) is 10.3 Å². The SMILES string of the molecule is Cc1[nH]c(C=C2C(=O)Nc3ccc(F)cc32)c(C)c1C(=O)N(C)C. The maximum absolute atomic E-state index is 13.5. The van der Waals surface area contributed by atoms with Gasteiger partial charge in [0.05, 0.1) is 11.1 Å². The summed E-state index contributed by atoms with van der Waals surface area (Å²) < 4.78 is 13.5. The van der Waals surface area contributed by atoms with E-state index in [4.69, 9.17) is 0 Å². The van der Waals surface area contributed by atoms with Gasteiger partial charge in [0, 0.05) is 36.7 Å². The van der Waals surface area contributed by atoms with Crippen LogP contribution in [0.4, 0.5) is 10.1 Å². The molecule has 24 heavy (non-hydrogen) atoms. The van der Waals surface area contributed by atoms with Gasteiger partial charge in [-0.2, -0.15) is 0 Å². The van der Waals surface area contributed by atoms with Crippen molar-refractivity contribution in [1.29, 1.82) is 0 Å². The van der Waals surface area contributed by atoms with E-state index in [1.165, 1.54) is 23.1 Å². The fourth-order valence-corrected chi connectivity index (χ4v) is 2.91. The molecule has 0 unspecified atom stereocenters. The maximum Gasteiger partial charge on any atom is 0.256 e. The van der Waals surface area contributed by atoms with Crippen molar-refractivity contribution in [2.45, 2.75) is 13.8 Å². The molecule has 124 valence electrons. The number of benzene rings is 1. The number of fused-ring (bicyclic) bond motifs is 1. The van der Waals surface area contributed by atoms with Crippen LogP contribution >= 0.6 is 0 Å². The molecule has 1 aromatic carbocycles. The van der Waals surface area contributed by atoms with Crippen LogP contribution in [0.1, 0.15) is 32.9 Å². The van der Waals surface area contributed by atoms with Crippen molar-refractivity contribution in [3.05, 3.63) is 52.1 Å². The van der Waals surface area contributed by atoms with Gasteiger partial charge in [0.1, 0.15) is 5.82 Å². The predicted octanol–water partition coefficient (Wildman–Crippen LogP) is 2.97. The smallest absolute Gasteiger partial charge is 0.256 e. The van der Waals surface area contributed by atoms with Crippen LogP contribution < -0.4 is 5.32 Å². The third kappa shape index (κ3) is 2.50. The summed E-state index contributed by atoms with van der Waals surface area (Å²) in [5.41, 5.74) is 4.22. The van der Waals surface area contributed by atoms with Gasteiger partial charge in [-0.3, -0.25) is 9.59 Å². The van der Waals surface area contributed by atoms with Gasteiger partial charge in [-0.25, -0.2) is 4.39 Å². The number of carbonyl (C=O) groups is 2. The van der Waals surface area contributed by atoms with Crippen molar-refractivity contribution in [2.75, 3.05) is 19.4 Å². The number of rotatable bonds is 2. The highest BCUT2D eigenvalue weighted by atomic mass is 19.1. The first-order valence-corrected chi connectivity index (χ1v) is 7.53. The Bertz CT molecular complexity index is 894. The van der Waals surface area contributed by atoms with Crippen molar-refractivity contribution < 1.29 is 14.0 Å². The number of nitrogens with one attached hydrogen (secondary N) is 2. The molecule has 0 radical (unpaired) electrons. The van der Waals surface area contributed by atoms with E-state index in [0.717, 1.165) is 11.3 Å². The molecule has 0 fully saturated rings. The summed E-state index contributed by atoms with van der Waals surface area (Å²) >= 11 is 0. The zero-order valence-corrected chi connectivity index (χ0v) is 14.0. The summed E-state index contributed by atoms with van der Waals surface area (Å²) in [5.74, 6) is -0.796. The Morgan fingerprint density at radius 1 is 1.25 bits per heavy atom. The third-order valence-corrected chi connectivity index (χ3v) is 4.15. The third-order valence-electron chi connectivity index (χ3n) is 4.15. The van der Waals surface area contributed by atoms with E-state index in [0.29, 0.717) is 28.1 Å². The van der Waals surface area contributed by atoms with Gasteiger partial charge in [-0.15, -0.1) is 0 Å². The van der Waals surface area contributed by atoms with Crippen LogP contribution in [0.5, 0.6) is 0 Å². The number of hydrogen-bond donors (Lipinski definition) is 2. The number of aromatic amines is 1. The van der Waals surface area contributed by atoms with Crippen LogP contribution in [0, 0.1) is 19.7 Å². The lowest BCUT2D eigenvalue weighted by Crippen LogP contribution is -2.22. The first kappa shape index (κ1) is 16.0. The summed E-state index contributed by atoms with van der Waals surface area (Å²) in [5, 5.41) is 2.71. The highest BCUT2D eigenvalue weighted by Crippen LogP contribution is 2.34. The van der Waals surface area contributed by atoms with Gasteiger partial charge in [-0.05, 0) is 43.7 Å². The van der Waals surface area contributed by atoms with E-state index in [-0.39, 0.29) is 11.8 Å². The Kier molecular flexibility index (Phi) is 3.75. The van der Waals surface area contributed by atoms with Crippen LogP contribution in [0.2, 0.25) is 0 Å². The first-order valence-electron chi connectivity index (χ1n) is 7.53. The molecule has 2 amide bonds. The Morgan fingerprint density at radius 2 is 1.96 bits per heavy atom. The van der Waals surface area contributed by atoms with Gasteiger partial charge in [0.2, 0.25) is 0 Å². The Morgan fingerprint density at radius 3 is 2.62 bits per heavy atom. The molecule has 0 saturated heterocycles. The minimum absolute atomic E-state index is 0.104. The topological polar surface area (TPSA) is 65.2 Å².